The number of aryl methyl sites for hydroxylation is 1. The molecule has 8 heteroatoms. The van der Waals surface area contributed by atoms with E-state index in [-0.39, 0.29) is 23.3 Å². The molecule has 1 atom stereocenters. The summed E-state index contributed by atoms with van der Waals surface area (Å²) in [6, 6.07) is 6.62. The van der Waals surface area contributed by atoms with Crippen LogP contribution in [-0.4, -0.2) is 36.8 Å². The van der Waals surface area contributed by atoms with Gasteiger partial charge in [-0.25, -0.2) is 13.4 Å². The summed E-state index contributed by atoms with van der Waals surface area (Å²) in [5, 5.41) is 0. The molecule has 1 aliphatic rings. The van der Waals surface area contributed by atoms with Gasteiger partial charge in [-0.1, -0.05) is 12.1 Å². The first kappa shape index (κ1) is 17.9. The predicted octanol–water partition coefficient (Wildman–Crippen LogP) is 2.18. The van der Waals surface area contributed by atoms with Crippen LogP contribution >= 0.6 is 12.4 Å². The molecule has 126 valence electrons. The predicted molar refractivity (Wildman–Crippen MR) is 89.9 cm³/mol. The minimum Gasteiger partial charge on any atom is -0.449 e. The number of nitrogens with zero attached hydrogens (tertiary/aromatic N) is 2. The van der Waals surface area contributed by atoms with Crippen LogP contribution in [0.2, 0.25) is 0 Å². The summed E-state index contributed by atoms with van der Waals surface area (Å²) in [7, 11) is -3.48. The van der Waals surface area contributed by atoms with Gasteiger partial charge < -0.3 is 10.2 Å². The zero-order valence-electron chi connectivity index (χ0n) is 12.8. The summed E-state index contributed by atoms with van der Waals surface area (Å²) < 4.78 is 31.9. The molecule has 1 fully saturated rings. The molecule has 1 unspecified atom stereocenters. The molecule has 0 bridgehead atoms. The topological polar surface area (TPSA) is 89.4 Å². The second-order valence-electron chi connectivity index (χ2n) is 5.54. The lowest BCUT2D eigenvalue weighted by atomic mass is 10.1. The molecule has 2 N–H and O–H groups in total. The summed E-state index contributed by atoms with van der Waals surface area (Å²) in [4.78, 5) is 4.51. The van der Waals surface area contributed by atoms with Crippen LogP contribution in [-0.2, 0) is 10.0 Å². The maximum Gasteiger partial charge on any atom is 0.243 e. The van der Waals surface area contributed by atoms with Crippen LogP contribution in [0.15, 0.2) is 39.8 Å². The van der Waals surface area contributed by atoms with E-state index in [4.69, 9.17) is 10.2 Å². The van der Waals surface area contributed by atoms with Gasteiger partial charge in [0.2, 0.25) is 10.0 Å². The molecule has 2 heterocycles. The summed E-state index contributed by atoms with van der Waals surface area (Å²) in [5.41, 5.74) is 7.40. The Morgan fingerprint density at radius 2 is 2.00 bits per heavy atom. The lowest BCUT2D eigenvalue weighted by molar-refractivity contribution is 0.316. The third-order valence-electron chi connectivity index (χ3n) is 3.83. The van der Waals surface area contributed by atoms with Crippen LogP contribution in [0.5, 0.6) is 0 Å². The van der Waals surface area contributed by atoms with Gasteiger partial charge in [-0.3, -0.25) is 0 Å². The van der Waals surface area contributed by atoms with Crippen molar-refractivity contribution in [2.75, 3.05) is 13.1 Å². The standard InChI is InChI=1S/C15H19N3O3S.ClH/c1-11-17-15(10-21-11)12-4-6-14(7-5-12)22(19,20)18-8-2-3-13(16)9-18;/h4-7,10,13H,2-3,8-9,16H2,1H3;1H. The average Bonchev–Trinajstić information content (AvgIpc) is 2.94. The highest BCUT2D eigenvalue weighted by atomic mass is 35.5. The number of sulfonamides is 1. The van der Waals surface area contributed by atoms with Crippen molar-refractivity contribution in [1.82, 2.24) is 9.29 Å². The molecule has 0 amide bonds. The molecular formula is C15H20ClN3O3S. The van der Waals surface area contributed by atoms with E-state index >= 15 is 0 Å². The van der Waals surface area contributed by atoms with Crippen LogP contribution in [0, 0.1) is 6.92 Å². The van der Waals surface area contributed by atoms with E-state index in [1.54, 1.807) is 37.5 Å². The minimum atomic E-state index is -3.48. The smallest absolute Gasteiger partial charge is 0.243 e. The number of hydrogen-bond donors (Lipinski definition) is 1. The Morgan fingerprint density at radius 3 is 2.57 bits per heavy atom. The zero-order chi connectivity index (χ0) is 15.7. The van der Waals surface area contributed by atoms with Crippen LogP contribution in [0.3, 0.4) is 0 Å². The Labute approximate surface area is 142 Å². The fourth-order valence-electron chi connectivity index (χ4n) is 2.64. The molecule has 3 rings (SSSR count). The van der Waals surface area contributed by atoms with E-state index in [1.165, 1.54) is 4.31 Å². The van der Waals surface area contributed by atoms with Gasteiger partial charge in [-0.15, -0.1) is 12.4 Å². The monoisotopic (exact) mass is 357 g/mol. The highest BCUT2D eigenvalue weighted by Crippen LogP contribution is 2.24. The Morgan fingerprint density at radius 1 is 1.30 bits per heavy atom. The summed E-state index contributed by atoms with van der Waals surface area (Å²) in [6.45, 7) is 2.68. The van der Waals surface area contributed by atoms with E-state index < -0.39 is 10.0 Å². The van der Waals surface area contributed by atoms with Gasteiger partial charge in [-0.2, -0.15) is 4.31 Å². The number of nitrogens with two attached hydrogens (primary N) is 1. The van der Waals surface area contributed by atoms with Gasteiger partial charge in [0.05, 0.1) is 4.90 Å². The van der Waals surface area contributed by atoms with Crippen molar-refractivity contribution < 1.29 is 12.8 Å². The van der Waals surface area contributed by atoms with E-state index in [1.807, 2.05) is 0 Å². The van der Waals surface area contributed by atoms with Crippen molar-refractivity contribution in [2.24, 2.45) is 5.73 Å². The lowest BCUT2D eigenvalue weighted by Crippen LogP contribution is -2.45. The number of halogens is 1. The van der Waals surface area contributed by atoms with Crippen molar-refractivity contribution >= 4 is 22.4 Å². The molecule has 6 nitrogen and oxygen atoms in total. The number of hydrogen-bond acceptors (Lipinski definition) is 5. The first-order chi connectivity index (χ1) is 10.5. The Balaban J connectivity index is 0.00000192. The summed E-state index contributed by atoms with van der Waals surface area (Å²) in [5.74, 6) is 0.578. The van der Waals surface area contributed by atoms with E-state index in [2.05, 4.69) is 4.98 Å². The van der Waals surface area contributed by atoms with Gasteiger partial charge in [-0.05, 0) is 25.0 Å². The van der Waals surface area contributed by atoms with Crippen molar-refractivity contribution in [2.45, 2.75) is 30.7 Å². The number of piperidine rings is 1. The molecule has 1 aromatic carbocycles. The SMILES string of the molecule is Cc1nc(-c2ccc(S(=O)(=O)N3CCCC(N)C3)cc2)co1.Cl. The van der Waals surface area contributed by atoms with Crippen LogP contribution in [0.4, 0.5) is 0 Å². The van der Waals surface area contributed by atoms with Crippen molar-refractivity contribution in [3.8, 4) is 11.3 Å². The second kappa shape index (κ2) is 7.00. The Hall–Kier alpha value is -1.41. The van der Waals surface area contributed by atoms with Crippen molar-refractivity contribution in [3.63, 3.8) is 0 Å². The van der Waals surface area contributed by atoms with Gasteiger partial charge in [0, 0.05) is 31.6 Å². The molecule has 0 saturated carbocycles. The quantitative estimate of drug-likeness (QED) is 0.909. The molecule has 1 aliphatic heterocycles. The normalized spacial score (nSPS) is 19.3. The molecule has 23 heavy (non-hydrogen) atoms. The molecule has 2 aromatic rings. The third-order valence-corrected chi connectivity index (χ3v) is 5.71. The summed E-state index contributed by atoms with van der Waals surface area (Å²) >= 11 is 0. The molecule has 0 aliphatic carbocycles. The maximum absolute atomic E-state index is 12.6. The first-order valence-electron chi connectivity index (χ1n) is 7.25. The minimum absolute atomic E-state index is 0. The number of aromatic nitrogens is 1. The largest absolute Gasteiger partial charge is 0.449 e. The van der Waals surface area contributed by atoms with Crippen molar-refractivity contribution in [3.05, 3.63) is 36.4 Å². The molecule has 1 aromatic heterocycles. The first-order valence-corrected chi connectivity index (χ1v) is 8.69. The van der Waals surface area contributed by atoms with Crippen LogP contribution in [0.1, 0.15) is 18.7 Å². The van der Waals surface area contributed by atoms with E-state index in [0.717, 1.165) is 18.4 Å². The number of oxazole rings is 1. The van der Waals surface area contributed by atoms with Crippen LogP contribution in [0.25, 0.3) is 11.3 Å². The number of benzene rings is 1. The average molecular weight is 358 g/mol. The van der Waals surface area contributed by atoms with E-state index in [9.17, 15) is 8.42 Å². The zero-order valence-corrected chi connectivity index (χ0v) is 14.4. The summed E-state index contributed by atoms with van der Waals surface area (Å²) in [6.07, 6.45) is 3.23. The molecular weight excluding hydrogens is 338 g/mol. The van der Waals surface area contributed by atoms with Gasteiger partial charge in [0.15, 0.2) is 5.89 Å². The van der Waals surface area contributed by atoms with Crippen LogP contribution < -0.4 is 5.73 Å². The van der Waals surface area contributed by atoms with E-state index in [0.29, 0.717) is 24.7 Å². The van der Waals surface area contributed by atoms with Gasteiger partial charge in [0.25, 0.3) is 0 Å². The van der Waals surface area contributed by atoms with Crippen molar-refractivity contribution in [1.29, 1.82) is 0 Å². The van der Waals surface area contributed by atoms with Gasteiger partial charge >= 0.3 is 0 Å². The third kappa shape index (κ3) is 3.74. The number of rotatable bonds is 3. The highest BCUT2D eigenvalue weighted by Gasteiger charge is 2.28. The molecule has 0 radical (unpaired) electrons. The molecule has 1 saturated heterocycles. The maximum atomic E-state index is 12.6. The lowest BCUT2D eigenvalue weighted by Gasteiger charge is -2.29. The molecule has 0 spiro atoms. The highest BCUT2D eigenvalue weighted by molar-refractivity contribution is 7.89. The fraction of sp³-hybridized carbons (Fsp3) is 0.400. The van der Waals surface area contributed by atoms with Gasteiger partial charge in [0.1, 0.15) is 12.0 Å². The second-order valence-corrected chi connectivity index (χ2v) is 7.48. The Kier molecular flexibility index (Phi) is 5.46. The Bertz CT molecular complexity index is 759. The fourth-order valence-corrected chi connectivity index (χ4v) is 4.17.